The molecule has 3 aromatic rings. The Kier molecular flexibility index (Phi) is 3.18. The van der Waals surface area contributed by atoms with Gasteiger partial charge in [0, 0.05) is 24.6 Å². The predicted octanol–water partition coefficient (Wildman–Crippen LogP) is 3.70. The summed E-state index contributed by atoms with van der Waals surface area (Å²) in [5, 5.41) is 0. The quantitative estimate of drug-likeness (QED) is 0.785. The van der Waals surface area contributed by atoms with Gasteiger partial charge in [0.2, 0.25) is 5.91 Å². The standard InChI is InChI=1S/C19H19N3O/c1-12-6-5-7-13(2)18(12)22-11-14(10-17(22)23)19-20-15-8-3-4-9-16(15)21-19/h3-9,14H,10-11H2,1-2H3,(H,20,21). The van der Waals surface area contributed by atoms with Crippen molar-refractivity contribution in [2.75, 3.05) is 11.4 Å². The first-order valence-corrected chi connectivity index (χ1v) is 7.94. The monoisotopic (exact) mass is 305 g/mol. The zero-order valence-corrected chi connectivity index (χ0v) is 13.3. The van der Waals surface area contributed by atoms with Crippen molar-refractivity contribution in [3.63, 3.8) is 0 Å². The van der Waals surface area contributed by atoms with Gasteiger partial charge in [-0.1, -0.05) is 30.3 Å². The van der Waals surface area contributed by atoms with Crippen LogP contribution < -0.4 is 4.90 Å². The minimum atomic E-state index is 0.119. The first kappa shape index (κ1) is 14.0. The normalized spacial score (nSPS) is 18.1. The highest BCUT2D eigenvalue weighted by molar-refractivity contribution is 5.98. The van der Waals surface area contributed by atoms with Crippen LogP contribution in [-0.4, -0.2) is 22.4 Å². The molecule has 23 heavy (non-hydrogen) atoms. The van der Waals surface area contributed by atoms with Gasteiger partial charge < -0.3 is 9.88 Å². The van der Waals surface area contributed by atoms with Gasteiger partial charge in [-0.2, -0.15) is 0 Å². The lowest BCUT2D eigenvalue weighted by Crippen LogP contribution is -2.26. The fourth-order valence-electron chi connectivity index (χ4n) is 3.50. The number of benzene rings is 2. The molecule has 0 aliphatic carbocycles. The predicted molar refractivity (Wildman–Crippen MR) is 91.7 cm³/mol. The topological polar surface area (TPSA) is 49.0 Å². The Bertz CT molecular complexity index is 843. The summed E-state index contributed by atoms with van der Waals surface area (Å²) in [6.45, 7) is 4.80. The Morgan fingerprint density at radius 3 is 2.57 bits per heavy atom. The summed E-state index contributed by atoms with van der Waals surface area (Å²) < 4.78 is 0. The molecule has 1 saturated heterocycles. The summed E-state index contributed by atoms with van der Waals surface area (Å²) in [5.41, 5.74) is 5.32. The molecule has 1 amide bonds. The van der Waals surface area contributed by atoms with E-state index in [1.807, 2.05) is 35.2 Å². The highest BCUT2D eigenvalue weighted by atomic mass is 16.2. The minimum absolute atomic E-state index is 0.119. The zero-order valence-electron chi connectivity index (χ0n) is 13.3. The van der Waals surface area contributed by atoms with E-state index in [9.17, 15) is 4.79 Å². The maximum atomic E-state index is 12.6. The molecule has 1 aliphatic rings. The second-order valence-electron chi connectivity index (χ2n) is 6.28. The minimum Gasteiger partial charge on any atom is -0.342 e. The van der Waals surface area contributed by atoms with E-state index in [0.717, 1.165) is 33.7 Å². The molecule has 4 rings (SSSR count). The number of para-hydroxylation sites is 3. The fourth-order valence-corrected chi connectivity index (χ4v) is 3.50. The van der Waals surface area contributed by atoms with Gasteiger partial charge in [0.05, 0.1) is 11.0 Å². The molecular formula is C19H19N3O. The molecule has 0 spiro atoms. The highest BCUT2D eigenvalue weighted by Gasteiger charge is 2.34. The van der Waals surface area contributed by atoms with Crippen molar-refractivity contribution in [2.45, 2.75) is 26.2 Å². The third kappa shape index (κ3) is 2.31. The maximum Gasteiger partial charge on any atom is 0.227 e. The number of nitrogens with zero attached hydrogens (tertiary/aromatic N) is 2. The third-order valence-electron chi connectivity index (χ3n) is 4.63. The molecule has 1 atom stereocenters. The van der Waals surface area contributed by atoms with Gasteiger partial charge in [0.15, 0.2) is 0 Å². The van der Waals surface area contributed by atoms with Crippen LogP contribution >= 0.6 is 0 Å². The number of anilines is 1. The van der Waals surface area contributed by atoms with E-state index in [1.165, 1.54) is 0 Å². The number of imidazole rings is 1. The number of carbonyl (C=O) groups is 1. The largest absolute Gasteiger partial charge is 0.342 e. The van der Waals surface area contributed by atoms with Crippen molar-refractivity contribution in [3.05, 3.63) is 59.4 Å². The second kappa shape index (κ2) is 5.23. The van der Waals surface area contributed by atoms with Crippen molar-refractivity contribution < 1.29 is 4.79 Å². The lowest BCUT2D eigenvalue weighted by atomic mass is 10.1. The molecule has 0 radical (unpaired) electrons. The number of aryl methyl sites for hydroxylation is 2. The summed E-state index contributed by atoms with van der Waals surface area (Å²) in [4.78, 5) is 22.5. The number of carbonyl (C=O) groups excluding carboxylic acids is 1. The van der Waals surface area contributed by atoms with Crippen molar-refractivity contribution in [1.82, 2.24) is 9.97 Å². The van der Waals surface area contributed by atoms with Crippen LogP contribution in [0.1, 0.15) is 29.3 Å². The number of hydrogen-bond acceptors (Lipinski definition) is 2. The van der Waals surface area contributed by atoms with E-state index >= 15 is 0 Å². The Morgan fingerprint density at radius 2 is 1.83 bits per heavy atom. The molecule has 4 nitrogen and oxygen atoms in total. The number of H-pyrrole nitrogens is 1. The molecule has 1 aromatic heterocycles. The number of fused-ring (bicyclic) bond motifs is 1. The second-order valence-corrected chi connectivity index (χ2v) is 6.28. The molecule has 0 bridgehead atoms. The van der Waals surface area contributed by atoms with Gasteiger partial charge in [-0.05, 0) is 37.1 Å². The molecule has 116 valence electrons. The number of amides is 1. The summed E-state index contributed by atoms with van der Waals surface area (Å²) in [7, 11) is 0. The Balaban J connectivity index is 1.68. The van der Waals surface area contributed by atoms with E-state index in [2.05, 4.69) is 35.9 Å². The van der Waals surface area contributed by atoms with Gasteiger partial charge in [0.25, 0.3) is 0 Å². The van der Waals surface area contributed by atoms with Crippen LogP contribution in [0.3, 0.4) is 0 Å². The van der Waals surface area contributed by atoms with Crippen LogP contribution in [0.2, 0.25) is 0 Å². The average Bonchev–Trinajstić information content (AvgIpc) is 3.11. The summed E-state index contributed by atoms with van der Waals surface area (Å²) in [6.07, 6.45) is 0.508. The van der Waals surface area contributed by atoms with E-state index in [4.69, 9.17) is 0 Å². The van der Waals surface area contributed by atoms with E-state index < -0.39 is 0 Å². The summed E-state index contributed by atoms with van der Waals surface area (Å²) in [6, 6.07) is 14.1. The van der Waals surface area contributed by atoms with Gasteiger partial charge in [-0.3, -0.25) is 4.79 Å². The van der Waals surface area contributed by atoms with Crippen LogP contribution in [-0.2, 0) is 4.79 Å². The van der Waals surface area contributed by atoms with Crippen molar-refractivity contribution in [2.24, 2.45) is 0 Å². The molecule has 1 N–H and O–H groups in total. The number of nitrogens with one attached hydrogen (secondary N) is 1. The zero-order chi connectivity index (χ0) is 16.0. The Labute approximate surface area is 135 Å². The van der Waals surface area contributed by atoms with Crippen LogP contribution in [0, 0.1) is 13.8 Å². The first-order chi connectivity index (χ1) is 11.1. The van der Waals surface area contributed by atoms with Gasteiger partial charge in [0.1, 0.15) is 5.82 Å². The van der Waals surface area contributed by atoms with Crippen molar-refractivity contribution in [1.29, 1.82) is 0 Å². The first-order valence-electron chi connectivity index (χ1n) is 7.94. The summed E-state index contributed by atoms with van der Waals surface area (Å²) >= 11 is 0. The number of aromatic amines is 1. The lowest BCUT2D eigenvalue weighted by molar-refractivity contribution is -0.117. The molecule has 0 saturated carbocycles. The number of hydrogen-bond donors (Lipinski definition) is 1. The number of aromatic nitrogens is 2. The van der Waals surface area contributed by atoms with Gasteiger partial charge in [-0.15, -0.1) is 0 Å². The SMILES string of the molecule is Cc1cccc(C)c1N1CC(c2nc3ccccc3[nH]2)CC1=O. The average molecular weight is 305 g/mol. The highest BCUT2D eigenvalue weighted by Crippen LogP contribution is 2.34. The Morgan fingerprint density at radius 1 is 1.09 bits per heavy atom. The van der Waals surface area contributed by atoms with Crippen molar-refractivity contribution in [3.8, 4) is 0 Å². The van der Waals surface area contributed by atoms with E-state index in [1.54, 1.807) is 0 Å². The molecule has 1 aliphatic heterocycles. The van der Waals surface area contributed by atoms with Crippen molar-refractivity contribution >= 4 is 22.6 Å². The van der Waals surface area contributed by atoms with E-state index in [0.29, 0.717) is 13.0 Å². The smallest absolute Gasteiger partial charge is 0.227 e. The lowest BCUT2D eigenvalue weighted by Gasteiger charge is -2.21. The van der Waals surface area contributed by atoms with Crippen LogP contribution in [0.15, 0.2) is 42.5 Å². The van der Waals surface area contributed by atoms with E-state index in [-0.39, 0.29) is 11.8 Å². The Hall–Kier alpha value is -2.62. The molecule has 2 heterocycles. The molecule has 2 aromatic carbocycles. The molecule has 4 heteroatoms. The molecule has 1 fully saturated rings. The maximum absolute atomic E-state index is 12.6. The van der Waals surface area contributed by atoms with Crippen LogP contribution in [0.5, 0.6) is 0 Å². The third-order valence-corrected chi connectivity index (χ3v) is 4.63. The number of rotatable bonds is 2. The van der Waals surface area contributed by atoms with Gasteiger partial charge >= 0.3 is 0 Å². The van der Waals surface area contributed by atoms with Crippen LogP contribution in [0.25, 0.3) is 11.0 Å². The molecular weight excluding hydrogens is 286 g/mol. The van der Waals surface area contributed by atoms with Gasteiger partial charge in [-0.25, -0.2) is 4.98 Å². The summed E-state index contributed by atoms with van der Waals surface area (Å²) in [5.74, 6) is 1.20. The fraction of sp³-hybridized carbons (Fsp3) is 0.263. The molecule has 1 unspecified atom stereocenters. The van der Waals surface area contributed by atoms with Crippen LogP contribution in [0.4, 0.5) is 5.69 Å².